The standard InChI is InChI=1S/C17H16N2O4S3/c1-22-11-3-4-14(23-2)13(5-11)19-17-18-10(8-26-17)7-24-12-6-15(16(20)21)25-9-12/h3-6,8-9H,7H2,1-2H3,(H,18,19)(H,20,21). The highest BCUT2D eigenvalue weighted by molar-refractivity contribution is 7.98. The predicted molar refractivity (Wildman–Crippen MR) is 106 cm³/mol. The normalized spacial score (nSPS) is 10.5. The number of aromatic carboxylic acids is 1. The van der Waals surface area contributed by atoms with Crippen LogP contribution in [-0.4, -0.2) is 30.3 Å². The molecule has 0 bridgehead atoms. The summed E-state index contributed by atoms with van der Waals surface area (Å²) in [6.45, 7) is 0. The Hall–Kier alpha value is -2.23. The fourth-order valence-electron chi connectivity index (χ4n) is 2.12. The zero-order valence-corrected chi connectivity index (χ0v) is 16.5. The average molecular weight is 409 g/mol. The summed E-state index contributed by atoms with van der Waals surface area (Å²) in [7, 11) is 3.23. The van der Waals surface area contributed by atoms with Gasteiger partial charge in [0.1, 0.15) is 16.4 Å². The number of aromatic nitrogens is 1. The van der Waals surface area contributed by atoms with Crippen LogP contribution in [0.25, 0.3) is 0 Å². The largest absolute Gasteiger partial charge is 0.497 e. The van der Waals surface area contributed by atoms with Crippen LogP contribution in [0.2, 0.25) is 0 Å². The summed E-state index contributed by atoms with van der Waals surface area (Å²) in [5.41, 5.74) is 1.71. The molecule has 0 saturated heterocycles. The number of carbonyl (C=O) groups is 1. The van der Waals surface area contributed by atoms with Gasteiger partial charge < -0.3 is 19.9 Å². The second-order valence-corrected chi connectivity index (χ2v) is 7.89. The number of rotatable bonds is 8. The minimum Gasteiger partial charge on any atom is -0.497 e. The summed E-state index contributed by atoms with van der Waals surface area (Å²) in [6.07, 6.45) is 0. The van der Waals surface area contributed by atoms with Crippen LogP contribution in [0.4, 0.5) is 10.8 Å². The molecule has 0 unspecified atom stereocenters. The number of ether oxygens (including phenoxy) is 2. The van der Waals surface area contributed by atoms with Gasteiger partial charge in [0, 0.05) is 27.5 Å². The van der Waals surface area contributed by atoms with Crippen molar-refractivity contribution in [2.24, 2.45) is 0 Å². The van der Waals surface area contributed by atoms with Gasteiger partial charge in [0.25, 0.3) is 0 Å². The van der Waals surface area contributed by atoms with Gasteiger partial charge in [0.05, 0.1) is 25.6 Å². The molecule has 3 aromatic rings. The number of nitrogens with zero attached hydrogens (tertiary/aromatic N) is 1. The highest BCUT2D eigenvalue weighted by Crippen LogP contribution is 2.33. The molecule has 0 spiro atoms. The molecule has 0 atom stereocenters. The van der Waals surface area contributed by atoms with Gasteiger partial charge in [-0.2, -0.15) is 0 Å². The van der Waals surface area contributed by atoms with Crippen molar-refractivity contribution in [2.75, 3.05) is 19.5 Å². The third-order valence-electron chi connectivity index (χ3n) is 3.37. The van der Waals surface area contributed by atoms with Crippen LogP contribution in [0.1, 0.15) is 15.4 Å². The first-order valence-corrected chi connectivity index (χ1v) is 10.2. The topological polar surface area (TPSA) is 80.7 Å². The van der Waals surface area contributed by atoms with Crippen molar-refractivity contribution < 1.29 is 19.4 Å². The zero-order chi connectivity index (χ0) is 18.5. The minimum atomic E-state index is -0.894. The molecule has 0 aliphatic heterocycles. The maximum Gasteiger partial charge on any atom is 0.345 e. The van der Waals surface area contributed by atoms with Gasteiger partial charge in [0.2, 0.25) is 0 Å². The molecule has 3 rings (SSSR count). The number of nitrogens with one attached hydrogen (secondary N) is 1. The number of hydrogen-bond acceptors (Lipinski definition) is 8. The molecule has 2 heterocycles. The van der Waals surface area contributed by atoms with Crippen LogP contribution in [0.5, 0.6) is 11.5 Å². The predicted octanol–water partition coefficient (Wildman–Crippen LogP) is 4.96. The number of methoxy groups -OCH3 is 2. The number of anilines is 2. The molecule has 0 aliphatic rings. The number of thiophene rings is 1. The zero-order valence-electron chi connectivity index (χ0n) is 14.0. The number of carboxylic acids is 1. The van der Waals surface area contributed by atoms with Crippen molar-refractivity contribution in [1.29, 1.82) is 0 Å². The Balaban J connectivity index is 1.65. The molecule has 0 aliphatic carbocycles. The van der Waals surface area contributed by atoms with Gasteiger partial charge in [-0.25, -0.2) is 9.78 Å². The number of thiazole rings is 1. The third kappa shape index (κ3) is 4.48. The summed E-state index contributed by atoms with van der Waals surface area (Å²) in [6, 6.07) is 7.21. The molecule has 136 valence electrons. The van der Waals surface area contributed by atoms with E-state index in [1.807, 2.05) is 29.0 Å². The lowest BCUT2D eigenvalue weighted by Crippen LogP contribution is -1.95. The van der Waals surface area contributed by atoms with Crippen LogP contribution in [0.3, 0.4) is 0 Å². The molecule has 0 saturated carbocycles. The molecule has 9 heteroatoms. The first-order valence-electron chi connectivity index (χ1n) is 7.47. The highest BCUT2D eigenvalue weighted by atomic mass is 32.2. The van der Waals surface area contributed by atoms with Gasteiger partial charge in [-0.05, 0) is 18.2 Å². The Kier molecular flexibility index (Phi) is 6.02. The van der Waals surface area contributed by atoms with Crippen molar-refractivity contribution in [3.05, 3.63) is 45.6 Å². The molecular weight excluding hydrogens is 392 g/mol. The van der Waals surface area contributed by atoms with E-state index in [9.17, 15) is 4.79 Å². The molecule has 26 heavy (non-hydrogen) atoms. The van der Waals surface area contributed by atoms with Gasteiger partial charge in [0.15, 0.2) is 5.13 Å². The second kappa shape index (κ2) is 8.43. The average Bonchev–Trinajstić information content (AvgIpc) is 3.29. The van der Waals surface area contributed by atoms with Crippen LogP contribution in [-0.2, 0) is 5.75 Å². The molecule has 0 fully saturated rings. The van der Waals surface area contributed by atoms with Gasteiger partial charge in [-0.1, -0.05) is 0 Å². The Labute approximate surface area is 162 Å². The summed E-state index contributed by atoms with van der Waals surface area (Å²) in [4.78, 5) is 16.8. The van der Waals surface area contributed by atoms with Crippen LogP contribution >= 0.6 is 34.4 Å². The summed E-state index contributed by atoms with van der Waals surface area (Å²) >= 11 is 4.29. The SMILES string of the molecule is COc1ccc(OC)c(Nc2nc(CSc3csc(C(=O)O)c3)cs2)c1. The summed E-state index contributed by atoms with van der Waals surface area (Å²) in [5.74, 6) is 1.21. The fraction of sp³-hybridized carbons (Fsp3) is 0.176. The van der Waals surface area contributed by atoms with E-state index in [1.165, 1.54) is 22.7 Å². The number of hydrogen-bond donors (Lipinski definition) is 2. The van der Waals surface area contributed by atoms with E-state index in [-0.39, 0.29) is 0 Å². The van der Waals surface area contributed by atoms with Crippen molar-refractivity contribution >= 4 is 51.2 Å². The van der Waals surface area contributed by atoms with E-state index in [0.29, 0.717) is 16.4 Å². The van der Waals surface area contributed by atoms with Crippen LogP contribution in [0, 0.1) is 0 Å². The summed E-state index contributed by atoms with van der Waals surface area (Å²) in [5, 5.41) is 16.8. The van der Waals surface area contributed by atoms with Crippen molar-refractivity contribution in [2.45, 2.75) is 10.6 Å². The lowest BCUT2D eigenvalue weighted by Gasteiger charge is -2.10. The monoisotopic (exact) mass is 408 g/mol. The van der Waals surface area contributed by atoms with Gasteiger partial charge >= 0.3 is 5.97 Å². The third-order valence-corrected chi connectivity index (χ3v) is 6.26. The molecule has 1 aromatic carbocycles. The van der Waals surface area contributed by atoms with Crippen molar-refractivity contribution in [1.82, 2.24) is 4.98 Å². The van der Waals surface area contributed by atoms with E-state index in [0.717, 1.165) is 27.2 Å². The Morgan fingerprint density at radius 2 is 2.08 bits per heavy atom. The number of carboxylic acid groups (broad SMARTS) is 1. The second-order valence-electron chi connectivity index (χ2n) is 5.08. The van der Waals surface area contributed by atoms with E-state index in [1.54, 1.807) is 32.0 Å². The van der Waals surface area contributed by atoms with E-state index < -0.39 is 5.97 Å². The van der Waals surface area contributed by atoms with Gasteiger partial charge in [-0.15, -0.1) is 34.4 Å². The lowest BCUT2D eigenvalue weighted by atomic mass is 10.2. The molecule has 0 radical (unpaired) electrons. The molecule has 2 N–H and O–H groups in total. The van der Waals surface area contributed by atoms with E-state index in [4.69, 9.17) is 14.6 Å². The molecular formula is C17H16N2O4S3. The molecule has 2 aromatic heterocycles. The van der Waals surface area contributed by atoms with Crippen molar-refractivity contribution in [3.8, 4) is 11.5 Å². The smallest absolute Gasteiger partial charge is 0.345 e. The van der Waals surface area contributed by atoms with Gasteiger partial charge in [-0.3, -0.25) is 0 Å². The first-order chi connectivity index (χ1) is 12.6. The van der Waals surface area contributed by atoms with Crippen molar-refractivity contribution in [3.63, 3.8) is 0 Å². The van der Waals surface area contributed by atoms with Crippen LogP contribution in [0.15, 0.2) is 39.9 Å². The summed E-state index contributed by atoms with van der Waals surface area (Å²) < 4.78 is 10.6. The van der Waals surface area contributed by atoms with Crippen LogP contribution < -0.4 is 14.8 Å². The number of thioether (sulfide) groups is 1. The first kappa shape index (κ1) is 18.6. The minimum absolute atomic E-state index is 0.346. The lowest BCUT2D eigenvalue weighted by molar-refractivity contribution is 0.0702. The quantitative estimate of drug-likeness (QED) is 0.510. The number of benzene rings is 1. The highest BCUT2D eigenvalue weighted by Gasteiger charge is 2.10. The maximum atomic E-state index is 10.9. The van der Waals surface area contributed by atoms with E-state index >= 15 is 0 Å². The Morgan fingerprint density at radius 3 is 2.77 bits per heavy atom. The Morgan fingerprint density at radius 1 is 1.23 bits per heavy atom. The molecule has 0 amide bonds. The molecule has 6 nitrogen and oxygen atoms in total. The van der Waals surface area contributed by atoms with E-state index in [2.05, 4.69) is 10.3 Å². The maximum absolute atomic E-state index is 10.9. The fourth-order valence-corrected chi connectivity index (χ4v) is 4.71. The Bertz CT molecular complexity index is 907.